The molecule has 0 aliphatic rings. The van der Waals surface area contributed by atoms with Crippen LogP contribution in [0.25, 0.3) is 0 Å². The summed E-state index contributed by atoms with van der Waals surface area (Å²) in [6, 6.07) is 8.21. The maximum absolute atomic E-state index is 11.2. The number of benzene rings is 1. The predicted molar refractivity (Wildman–Crippen MR) is 56.0 cm³/mol. The molecule has 0 bridgehead atoms. The number of rotatable bonds is 4. The van der Waals surface area contributed by atoms with Crippen molar-refractivity contribution >= 4 is 5.97 Å². The van der Waals surface area contributed by atoms with Gasteiger partial charge in [-0.3, -0.25) is 0 Å². The van der Waals surface area contributed by atoms with Gasteiger partial charge in [0.1, 0.15) is 0 Å². The highest BCUT2D eigenvalue weighted by Gasteiger charge is 2.25. The molecule has 3 N–H and O–H groups in total. The average Bonchev–Trinajstić information content (AvgIpc) is 2.28. The van der Waals surface area contributed by atoms with E-state index in [4.69, 9.17) is 5.73 Å². The molecule has 0 unspecified atom stereocenters. The molecule has 1 rings (SSSR count). The second-order valence-electron chi connectivity index (χ2n) is 3.13. The maximum Gasteiger partial charge on any atom is 0.336 e. The normalized spacial score (nSPS) is 14.3. The molecule has 2 atom stereocenters. The zero-order chi connectivity index (χ0) is 11.3. The van der Waals surface area contributed by atoms with Gasteiger partial charge in [0.15, 0.2) is 6.10 Å². The molecule has 0 amide bonds. The van der Waals surface area contributed by atoms with Gasteiger partial charge >= 0.3 is 5.97 Å². The first-order chi connectivity index (χ1) is 7.16. The Labute approximate surface area is 88.7 Å². The van der Waals surface area contributed by atoms with Crippen LogP contribution >= 0.6 is 0 Å². The van der Waals surface area contributed by atoms with Crippen molar-refractivity contribution in [3.63, 3.8) is 0 Å². The summed E-state index contributed by atoms with van der Waals surface area (Å²) in [6.07, 6.45) is -1.31. The fourth-order valence-electron chi connectivity index (χ4n) is 1.23. The summed E-state index contributed by atoms with van der Waals surface area (Å²) in [5, 5.41) is 9.57. The maximum atomic E-state index is 11.2. The Morgan fingerprint density at radius 1 is 1.47 bits per heavy atom. The minimum absolute atomic E-state index is 0.234. The first-order valence-electron chi connectivity index (χ1n) is 4.82. The van der Waals surface area contributed by atoms with Gasteiger partial charge in [-0.05, 0) is 12.5 Å². The number of aliphatic hydroxyl groups excluding tert-OH is 1. The molecule has 4 heteroatoms. The zero-order valence-electron chi connectivity index (χ0n) is 8.59. The molecular formula is C11H15NO3. The smallest absolute Gasteiger partial charge is 0.336 e. The molecule has 0 radical (unpaired) electrons. The molecule has 0 fully saturated rings. The lowest BCUT2D eigenvalue weighted by molar-refractivity contribution is -0.154. The number of hydrogen-bond donors (Lipinski definition) is 2. The van der Waals surface area contributed by atoms with Crippen LogP contribution in [0.2, 0.25) is 0 Å². The third-order valence-electron chi connectivity index (χ3n) is 2.05. The Morgan fingerprint density at radius 3 is 2.60 bits per heavy atom. The van der Waals surface area contributed by atoms with Crippen LogP contribution in [0.4, 0.5) is 0 Å². The summed E-state index contributed by atoms with van der Waals surface area (Å²) in [7, 11) is 0. The van der Waals surface area contributed by atoms with E-state index in [1.165, 1.54) is 0 Å². The summed E-state index contributed by atoms with van der Waals surface area (Å²) < 4.78 is 4.68. The molecule has 0 heterocycles. The molecule has 0 aromatic heterocycles. The lowest BCUT2D eigenvalue weighted by atomic mass is 10.0. The van der Waals surface area contributed by atoms with Crippen LogP contribution in [0.3, 0.4) is 0 Å². The van der Waals surface area contributed by atoms with E-state index in [1.807, 2.05) is 6.07 Å². The predicted octanol–water partition coefficient (Wildman–Crippen LogP) is 0.610. The number of carbonyl (C=O) groups excluding carboxylic acids is 1. The minimum Gasteiger partial charge on any atom is -0.464 e. The van der Waals surface area contributed by atoms with Crippen molar-refractivity contribution in [2.75, 3.05) is 6.61 Å². The molecule has 4 nitrogen and oxygen atoms in total. The van der Waals surface area contributed by atoms with Crippen molar-refractivity contribution in [3.8, 4) is 0 Å². The number of esters is 1. The number of carbonyl (C=O) groups is 1. The summed E-state index contributed by atoms with van der Waals surface area (Å²) in [4.78, 5) is 11.2. The summed E-state index contributed by atoms with van der Waals surface area (Å²) in [5.74, 6) is -0.686. The largest absolute Gasteiger partial charge is 0.464 e. The fraction of sp³-hybridized carbons (Fsp3) is 0.364. The van der Waals surface area contributed by atoms with Gasteiger partial charge in [-0.2, -0.15) is 0 Å². The SMILES string of the molecule is CCOC(=O)[C@@H](O)[C@@H](N)c1ccccc1. The van der Waals surface area contributed by atoms with Crippen LogP contribution in [0.15, 0.2) is 30.3 Å². The molecule has 0 spiro atoms. The Bertz CT molecular complexity index is 313. The topological polar surface area (TPSA) is 72.5 Å². The van der Waals surface area contributed by atoms with E-state index in [0.29, 0.717) is 5.56 Å². The van der Waals surface area contributed by atoms with Crippen molar-refractivity contribution in [1.29, 1.82) is 0 Å². The van der Waals surface area contributed by atoms with Crippen molar-refractivity contribution in [2.24, 2.45) is 5.73 Å². The van der Waals surface area contributed by atoms with E-state index in [-0.39, 0.29) is 6.61 Å². The van der Waals surface area contributed by atoms with Gasteiger partial charge in [-0.1, -0.05) is 30.3 Å². The van der Waals surface area contributed by atoms with Gasteiger partial charge in [0.05, 0.1) is 12.6 Å². The quantitative estimate of drug-likeness (QED) is 0.713. The molecule has 0 aliphatic carbocycles. The van der Waals surface area contributed by atoms with E-state index in [2.05, 4.69) is 4.74 Å². The summed E-state index contributed by atoms with van der Waals surface area (Å²) >= 11 is 0. The number of aliphatic hydroxyl groups is 1. The van der Waals surface area contributed by atoms with Crippen molar-refractivity contribution in [2.45, 2.75) is 19.1 Å². The molecule has 15 heavy (non-hydrogen) atoms. The molecule has 0 saturated carbocycles. The van der Waals surface area contributed by atoms with E-state index in [9.17, 15) is 9.90 Å². The first kappa shape index (κ1) is 11.7. The Hall–Kier alpha value is -1.39. The Balaban J connectivity index is 2.68. The summed E-state index contributed by atoms with van der Waals surface area (Å²) in [5.41, 5.74) is 6.43. The van der Waals surface area contributed by atoms with E-state index >= 15 is 0 Å². The first-order valence-corrected chi connectivity index (χ1v) is 4.82. The Kier molecular flexibility index (Phi) is 4.27. The second-order valence-corrected chi connectivity index (χ2v) is 3.13. The molecule has 0 saturated heterocycles. The van der Waals surface area contributed by atoms with Crippen LogP contribution in [0.5, 0.6) is 0 Å². The van der Waals surface area contributed by atoms with E-state index in [0.717, 1.165) is 0 Å². The molecular weight excluding hydrogens is 194 g/mol. The van der Waals surface area contributed by atoms with E-state index in [1.54, 1.807) is 31.2 Å². The van der Waals surface area contributed by atoms with Gasteiger partial charge in [0.2, 0.25) is 0 Å². The van der Waals surface area contributed by atoms with Gasteiger partial charge in [0, 0.05) is 0 Å². The number of ether oxygens (including phenoxy) is 1. The van der Waals surface area contributed by atoms with Crippen LogP contribution in [0, 0.1) is 0 Å². The van der Waals surface area contributed by atoms with Crippen LogP contribution in [0.1, 0.15) is 18.5 Å². The monoisotopic (exact) mass is 209 g/mol. The highest BCUT2D eigenvalue weighted by Crippen LogP contribution is 2.14. The zero-order valence-corrected chi connectivity index (χ0v) is 8.59. The van der Waals surface area contributed by atoms with Crippen LogP contribution < -0.4 is 5.73 Å². The third kappa shape index (κ3) is 3.04. The van der Waals surface area contributed by atoms with Crippen molar-refractivity contribution < 1.29 is 14.6 Å². The Morgan fingerprint density at radius 2 is 2.07 bits per heavy atom. The molecule has 82 valence electrons. The van der Waals surface area contributed by atoms with Crippen LogP contribution in [-0.4, -0.2) is 23.8 Å². The fourth-order valence-corrected chi connectivity index (χ4v) is 1.23. The lowest BCUT2D eigenvalue weighted by Crippen LogP contribution is -2.34. The van der Waals surface area contributed by atoms with Gasteiger partial charge in [-0.15, -0.1) is 0 Å². The van der Waals surface area contributed by atoms with Crippen molar-refractivity contribution in [1.82, 2.24) is 0 Å². The van der Waals surface area contributed by atoms with Gasteiger partial charge in [-0.25, -0.2) is 4.79 Å². The third-order valence-corrected chi connectivity index (χ3v) is 2.05. The highest BCUT2D eigenvalue weighted by molar-refractivity contribution is 5.75. The molecule has 1 aromatic carbocycles. The number of hydrogen-bond acceptors (Lipinski definition) is 4. The second kappa shape index (κ2) is 5.48. The van der Waals surface area contributed by atoms with Gasteiger partial charge in [0.25, 0.3) is 0 Å². The van der Waals surface area contributed by atoms with Crippen LogP contribution in [-0.2, 0) is 9.53 Å². The molecule has 1 aromatic rings. The summed E-state index contributed by atoms with van der Waals surface area (Å²) in [6.45, 7) is 1.91. The number of nitrogens with two attached hydrogens (primary N) is 1. The molecule has 0 aliphatic heterocycles. The minimum atomic E-state index is -1.31. The van der Waals surface area contributed by atoms with Gasteiger partial charge < -0.3 is 15.6 Å². The standard InChI is InChI=1S/C11H15NO3/c1-2-15-11(14)10(13)9(12)8-6-4-3-5-7-8/h3-7,9-10,13H,2,12H2,1H3/t9-,10-/m0/s1. The lowest BCUT2D eigenvalue weighted by Gasteiger charge is -2.17. The van der Waals surface area contributed by atoms with E-state index < -0.39 is 18.1 Å². The average molecular weight is 209 g/mol. The highest BCUT2D eigenvalue weighted by atomic mass is 16.5. The van der Waals surface area contributed by atoms with Crippen molar-refractivity contribution in [3.05, 3.63) is 35.9 Å².